The van der Waals surface area contributed by atoms with Gasteiger partial charge in [-0.3, -0.25) is 9.59 Å². The number of carbonyl (C=O) groups is 3. The van der Waals surface area contributed by atoms with E-state index in [1.54, 1.807) is 36.4 Å². The smallest absolute Gasteiger partial charge is 0.340 e. The first kappa shape index (κ1) is 30.2. The summed E-state index contributed by atoms with van der Waals surface area (Å²) in [6.45, 7) is 6.76. The number of fused-ring (bicyclic) bond motifs is 2. The molecule has 0 spiro atoms. The van der Waals surface area contributed by atoms with Gasteiger partial charge in [-0.15, -0.1) is 0 Å². The van der Waals surface area contributed by atoms with Crippen molar-refractivity contribution >= 4 is 40.3 Å². The Bertz CT molecular complexity index is 1770. The Morgan fingerprint density at radius 3 is 1.95 bits per heavy atom. The highest BCUT2D eigenvalue weighted by atomic mass is 16.5. The fraction of sp³-hybridized carbons (Fsp3) is 0.184. The Balaban J connectivity index is 1.64. The highest BCUT2D eigenvalue weighted by Gasteiger charge is 2.30. The molecule has 1 N–H and O–H groups in total. The summed E-state index contributed by atoms with van der Waals surface area (Å²) < 4.78 is 5.16. The minimum atomic E-state index is -0.552. The summed E-state index contributed by atoms with van der Waals surface area (Å²) in [5, 5.41) is 3.41. The van der Waals surface area contributed by atoms with E-state index in [4.69, 9.17) is 4.74 Å². The summed E-state index contributed by atoms with van der Waals surface area (Å²) in [5.41, 5.74) is 7.49. The van der Waals surface area contributed by atoms with Gasteiger partial charge in [0.1, 0.15) is 0 Å². The molecule has 1 heterocycles. The van der Waals surface area contributed by atoms with Gasteiger partial charge in [0.2, 0.25) is 0 Å². The number of carbonyl (C=O) groups excluding carboxylic acids is 3. The van der Waals surface area contributed by atoms with E-state index in [0.717, 1.165) is 24.2 Å². The van der Waals surface area contributed by atoms with Crippen LogP contribution in [0.4, 0.5) is 22.7 Å². The maximum absolute atomic E-state index is 13.6. The average molecular weight is 585 g/mol. The molecule has 0 aromatic heterocycles. The second-order valence-corrected chi connectivity index (χ2v) is 11.1. The Labute approximate surface area is 258 Å². The van der Waals surface area contributed by atoms with Crippen molar-refractivity contribution < 1.29 is 19.1 Å². The van der Waals surface area contributed by atoms with Gasteiger partial charge in [0, 0.05) is 28.8 Å². The summed E-state index contributed by atoms with van der Waals surface area (Å²) in [6, 6.07) is 27.1. The molecule has 44 heavy (non-hydrogen) atoms. The molecule has 0 fully saturated rings. The number of methoxy groups -OCH3 is 1. The van der Waals surface area contributed by atoms with Gasteiger partial charge >= 0.3 is 5.97 Å². The van der Waals surface area contributed by atoms with E-state index in [9.17, 15) is 14.4 Å². The van der Waals surface area contributed by atoms with Gasteiger partial charge < -0.3 is 15.0 Å². The molecule has 0 saturated heterocycles. The molecule has 0 unspecified atom stereocenters. The number of ether oxygens (including phenoxy) is 1. The Morgan fingerprint density at radius 1 is 0.727 bits per heavy atom. The molecule has 6 nitrogen and oxygen atoms in total. The second kappa shape index (κ2) is 13.4. The lowest BCUT2D eigenvalue weighted by atomic mass is 9.95. The number of ketones is 2. The standard InChI is InChI=1S/C38H36N2O4/c1-25(2)12-11-13-26(3)20-21-40-33-23-29(36(41)27-14-7-5-8-15-27)18-19-32(33)39-35-31(38(43)44-4)22-30(24-34(35)40)37(42)28-16-9-6-10-17-28/h5-10,12,14-20,22-24,39H,11,13,21H2,1-4H3. The van der Waals surface area contributed by atoms with Gasteiger partial charge in [-0.2, -0.15) is 0 Å². The van der Waals surface area contributed by atoms with Crippen molar-refractivity contribution in [1.82, 2.24) is 0 Å². The first-order valence-corrected chi connectivity index (χ1v) is 14.7. The second-order valence-electron chi connectivity index (χ2n) is 11.1. The number of hydrogen-bond acceptors (Lipinski definition) is 6. The van der Waals surface area contributed by atoms with Crippen LogP contribution in [0.5, 0.6) is 0 Å². The van der Waals surface area contributed by atoms with Crippen LogP contribution in [0.3, 0.4) is 0 Å². The van der Waals surface area contributed by atoms with Crippen LogP contribution >= 0.6 is 0 Å². The van der Waals surface area contributed by atoms with E-state index < -0.39 is 5.97 Å². The van der Waals surface area contributed by atoms with E-state index in [-0.39, 0.29) is 17.1 Å². The van der Waals surface area contributed by atoms with Gasteiger partial charge in [-0.05, 0) is 63.9 Å². The third-order valence-electron chi connectivity index (χ3n) is 7.67. The van der Waals surface area contributed by atoms with E-state index in [1.165, 1.54) is 18.3 Å². The van der Waals surface area contributed by atoms with Gasteiger partial charge in [-0.25, -0.2) is 4.79 Å². The molecule has 0 saturated carbocycles. The van der Waals surface area contributed by atoms with Crippen LogP contribution in [0.15, 0.2) is 114 Å². The Hall–Kier alpha value is -5.23. The molecule has 0 atom stereocenters. The van der Waals surface area contributed by atoms with Crippen molar-refractivity contribution in [2.24, 2.45) is 0 Å². The minimum Gasteiger partial charge on any atom is -0.465 e. The fourth-order valence-electron chi connectivity index (χ4n) is 5.29. The van der Waals surface area contributed by atoms with Crippen molar-refractivity contribution in [3.8, 4) is 0 Å². The van der Waals surface area contributed by atoms with Gasteiger partial charge in [0.05, 0.1) is 35.4 Å². The molecule has 0 amide bonds. The summed E-state index contributed by atoms with van der Waals surface area (Å²) >= 11 is 0. The predicted molar refractivity (Wildman–Crippen MR) is 177 cm³/mol. The number of nitrogens with one attached hydrogen (secondary N) is 1. The number of nitrogens with zero attached hydrogens (tertiary/aromatic N) is 1. The molecular formula is C38H36N2O4. The summed E-state index contributed by atoms with van der Waals surface area (Å²) in [7, 11) is 1.33. The molecule has 0 radical (unpaired) electrons. The number of esters is 1. The summed E-state index contributed by atoms with van der Waals surface area (Å²) in [5.74, 6) is -0.842. The third-order valence-corrected chi connectivity index (χ3v) is 7.67. The van der Waals surface area contributed by atoms with E-state index in [2.05, 4.69) is 43.1 Å². The van der Waals surface area contributed by atoms with Crippen LogP contribution in [0, 0.1) is 0 Å². The molecule has 222 valence electrons. The molecule has 4 aromatic carbocycles. The number of allylic oxidation sites excluding steroid dienone is 3. The highest BCUT2D eigenvalue weighted by molar-refractivity contribution is 6.14. The first-order chi connectivity index (χ1) is 21.3. The van der Waals surface area contributed by atoms with Gasteiger partial charge in [0.15, 0.2) is 11.6 Å². The number of benzene rings is 4. The van der Waals surface area contributed by atoms with Crippen LogP contribution in [0.25, 0.3) is 0 Å². The number of rotatable bonds is 10. The number of anilines is 4. The maximum Gasteiger partial charge on any atom is 0.340 e. The van der Waals surface area contributed by atoms with Crippen LogP contribution < -0.4 is 10.2 Å². The Morgan fingerprint density at radius 2 is 1.34 bits per heavy atom. The zero-order valence-corrected chi connectivity index (χ0v) is 25.5. The summed E-state index contributed by atoms with van der Waals surface area (Å²) in [4.78, 5) is 42.2. The van der Waals surface area contributed by atoms with Gasteiger partial charge in [0.25, 0.3) is 0 Å². The zero-order chi connectivity index (χ0) is 31.2. The SMILES string of the molecule is COC(=O)c1cc(C(=O)c2ccccc2)cc2c1Nc1ccc(C(=O)c3ccccc3)cc1N2CC=C(C)CCC=C(C)C. The lowest BCUT2D eigenvalue weighted by Crippen LogP contribution is -2.26. The Kier molecular flexibility index (Phi) is 9.20. The van der Waals surface area contributed by atoms with Crippen molar-refractivity contribution in [1.29, 1.82) is 0 Å². The average Bonchev–Trinajstić information content (AvgIpc) is 3.05. The van der Waals surface area contributed by atoms with Crippen molar-refractivity contribution in [2.75, 3.05) is 23.9 Å². The zero-order valence-electron chi connectivity index (χ0n) is 25.5. The molecule has 1 aliphatic rings. The topological polar surface area (TPSA) is 75.7 Å². The largest absolute Gasteiger partial charge is 0.465 e. The third kappa shape index (κ3) is 6.55. The maximum atomic E-state index is 13.6. The molecule has 0 aliphatic carbocycles. The quantitative estimate of drug-likeness (QED) is 0.114. The van der Waals surface area contributed by atoms with E-state index >= 15 is 0 Å². The monoisotopic (exact) mass is 584 g/mol. The van der Waals surface area contributed by atoms with E-state index in [1.807, 2.05) is 54.6 Å². The lowest BCUT2D eigenvalue weighted by molar-refractivity contribution is 0.0601. The normalized spacial score (nSPS) is 12.0. The molecule has 0 bridgehead atoms. The molecular weight excluding hydrogens is 548 g/mol. The van der Waals surface area contributed by atoms with Crippen molar-refractivity contribution in [2.45, 2.75) is 33.6 Å². The minimum absolute atomic E-state index is 0.0872. The molecule has 5 rings (SSSR count). The lowest BCUT2D eigenvalue weighted by Gasteiger charge is -2.35. The van der Waals surface area contributed by atoms with Crippen LogP contribution in [-0.2, 0) is 4.74 Å². The summed E-state index contributed by atoms with van der Waals surface area (Å²) in [6.07, 6.45) is 6.23. The predicted octanol–water partition coefficient (Wildman–Crippen LogP) is 8.82. The molecule has 6 heteroatoms. The van der Waals surface area contributed by atoms with Crippen LogP contribution in [-0.4, -0.2) is 31.2 Å². The molecule has 4 aromatic rings. The van der Waals surface area contributed by atoms with Crippen LogP contribution in [0.2, 0.25) is 0 Å². The van der Waals surface area contributed by atoms with Crippen LogP contribution in [0.1, 0.15) is 75.8 Å². The van der Waals surface area contributed by atoms with E-state index in [0.29, 0.717) is 40.2 Å². The van der Waals surface area contributed by atoms with Crippen molar-refractivity contribution in [3.63, 3.8) is 0 Å². The first-order valence-electron chi connectivity index (χ1n) is 14.7. The highest BCUT2D eigenvalue weighted by Crippen LogP contribution is 2.46. The van der Waals surface area contributed by atoms with Crippen molar-refractivity contribution in [3.05, 3.63) is 142 Å². The number of hydrogen-bond donors (Lipinski definition) is 1. The molecule has 1 aliphatic heterocycles. The van der Waals surface area contributed by atoms with Gasteiger partial charge in [-0.1, -0.05) is 84.0 Å². The fourth-order valence-corrected chi connectivity index (χ4v) is 5.29.